The lowest BCUT2D eigenvalue weighted by molar-refractivity contribution is 0.563. The molecular formula is C17H16N2O2S2. The fraction of sp³-hybridized carbons (Fsp3) is 0.118. The standard InChI is InChI=1S/C17H16N2O2S2/c1-11-2-6-13(7-3-11)15-16(18-19-17(15)22)14-8-4-12(5-9-14)10-23(20)21/h2-9H,10H2,1H3,(H,20,21)(H2,18,19,22). The highest BCUT2D eigenvalue weighted by atomic mass is 32.2. The van der Waals surface area contributed by atoms with Gasteiger partial charge in [0.05, 0.1) is 11.4 Å². The van der Waals surface area contributed by atoms with Crippen LogP contribution in [0.25, 0.3) is 22.4 Å². The molecule has 0 aliphatic carbocycles. The van der Waals surface area contributed by atoms with E-state index in [1.807, 2.05) is 31.2 Å². The first-order valence-corrected chi connectivity index (χ1v) is 8.77. The molecule has 1 aromatic heterocycles. The molecule has 0 spiro atoms. The minimum absolute atomic E-state index is 0.133. The number of aromatic nitrogens is 2. The van der Waals surface area contributed by atoms with E-state index in [2.05, 4.69) is 34.5 Å². The Morgan fingerprint density at radius 2 is 1.61 bits per heavy atom. The summed E-state index contributed by atoms with van der Waals surface area (Å²) in [6.45, 7) is 2.05. The van der Waals surface area contributed by atoms with Gasteiger partial charge in [-0.1, -0.05) is 66.3 Å². The zero-order valence-electron chi connectivity index (χ0n) is 12.5. The Morgan fingerprint density at radius 1 is 1.00 bits per heavy atom. The van der Waals surface area contributed by atoms with Gasteiger partial charge in [0.2, 0.25) is 0 Å². The van der Waals surface area contributed by atoms with Gasteiger partial charge in [0.25, 0.3) is 0 Å². The fourth-order valence-electron chi connectivity index (χ4n) is 2.48. The summed E-state index contributed by atoms with van der Waals surface area (Å²) in [5.74, 6) is 0.133. The highest BCUT2D eigenvalue weighted by Crippen LogP contribution is 2.31. The van der Waals surface area contributed by atoms with Gasteiger partial charge in [0.15, 0.2) is 11.1 Å². The van der Waals surface area contributed by atoms with Crippen LogP contribution < -0.4 is 0 Å². The Kier molecular flexibility index (Phi) is 4.56. The van der Waals surface area contributed by atoms with Gasteiger partial charge in [-0.25, -0.2) is 4.21 Å². The van der Waals surface area contributed by atoms with Crippen LogP contribution in [0.2, 0.25) is 0 Å². The molecule has 3 rings (SSSR count). The third kappa shape index (κ3) is 3.50. The van der Waals surface area contributed by atoms with E-state index in [1.165, 1.54) is 5.56 Å². The Hall–Kier alpha value is -2.02. The van der Waals surface area contributed by atoms with Crippen molar-refractivity contribution in [2.24, 2.45) is 0 Å². The van der Waals surface area contributed by atoms with Gasteiger partial charge in [0.1, 0.15) is 4.64 Å². The summed E-state index contributed by atoms with van der Waals surface area (Å²) in [6, 6.07) is 15.8. The number of benzene rings is 2. The van der Waals surface area contributed by atoms with E-state index in [-0.39, 0.29) is 5.75 Å². The second-order valence-electron chi connectivity index (χ2n) is 5.36. The Balaban J connectivity index is 2.02. The first kappa shape index (κ1) is 15.9. The van der Waals surface area contributed by atoms with Gasteiger partial charge in [-0.05, 0) is 18.1 Å². The summed E-state index contributed by atoms with van der Waals surface area (Å²) in [4.78, 5) is 0. The van der Waals surface area contributed by atoms with E-state index in [0.717, 1.165) is 27.9 Å². The van der Waals surface area contributed by atoms with Crippen molar-refractivity contribution >= 4 is 23.3 Å². The molecule has 0 saturated carbocycles. The Morgan fingerprint density at radius 3 is 2.22 bits per heavy atom. The number of nitrogens with one attached hydrogen (secondary N) is 2. The van der Waals surface area contributed by atoms with Gasteiger partial charge in [0, 0.05) is 11.1 Å². The molecule has 0 amide bonds. The number of hydrogen-bond donors (Lipinski definition) is 3. The molecule has 0 bridgehead atoms. The second-order valence-corrected chi connectivity index (χ2v) is 6.70. The van der Waals surface area contributed by atoms with Gasteiger partial charge in [-0.2, -0.15) is 0 Å². The molecule has 0 fully saturated rings. The lowest BCUT2D eigenvalue weighted by Gasteiger charge is -2.05. The van der Waals surface area contributed by atoms with Crippen molar-refractivity contribution in [1.29, 1.82) is 0 Å². The molecule has 118 valence electrons. The van der Waals surface area contributed by atoms with E-state index in [1.54, 1.807) is 0 Å². The van der Waals surface area contributed by atoms with E-state index in [4.69, 9.17) is 16.8 Å². The molecule has 2 aromatic carbocycles. The van der Waals surface area contributed by atoms with Crippen molar-refractivity contribution in [3.63, 3.8) is 0 Å². The van der Waals surface area contributed by atoms with Crippen LogP contribution in [0.5, 0.6) is 0 Å². The summed E-state index contributed by atoms with van der Waals surface area (Å²) in [7, 11) is 0. The minimum atomic E-state index is -1.83. The molecule has 1 atom stereocenters. The SMILES string of the molecule is Cc1ccc(-c2c(-c3ccc(CS(=O)O)cc3)[nH][nH]c2=S)cc1. The number of aromatic amines is 2. The van der Waals surface area contributed by atoms with Crippen molar-refractivity contribution < 1.29 is 8.76 Å². The molecule has 3 N–H and O–H groups in total. The molecule has 23 heavy (non-hydrogen) atoms. The summed E-state index contributed by atoms with van der Waals surface area (Å²) >= 11 is 3.58. The van der Waals surface area contributed by atoms with Crippen molar-refractivity contribution in [3.05, 3.63) is 64.3 Å². The number of aryl methyl sites for hydroxylation is 1. The molecule has 0 saturated heterocycles. The molecule has 0 aliphatic heterocycles. The van der Waals surface area contributed by atoms with E-state index < -0.39 is 11.1 Å². The van der Waals surface area contributed by atoms with Gasteiger partial charge < -0.3 is 4.55 Å². The third-order valence-corrected chi connectivity index (χ3v) is 4.54. The zero-order chi connectivity index (χ0) is 16.4. The lowest BCUT2D eigenvalue weighted by atomic mass is 10.0. The fourth-order valence-corrected chi connectivity index (χ4v) is 3.23. The van der Waals surface area contributed by atoms with E-state index >= 15 is 0 Å². The predicted octanol–water partition coefficient (Wildman–Crippen LogP) is 4.44. The van der Waals surface area contributed by atoms with Gasteiger partial charge in [-0.15, -0.1) is 0 Å². The monoisotopic (exact) mass is 344 g/mol. The van der Waals surface area contributed by atoms with Crippen LogP contribution in [0.1, 0.15) is 11.1 Å². The van der Waals surface area contributed by atoms with Crippen molar-refractivity contribution in [2.45, 2.75) is 12.7 Å². The van der Waals surface area contributed by atoms with Crippen LogP contribution in [0.15, 0.2) is 48.5 Å². The summed E-state index contributed by atoms with van der Waals surface area (Å²) in [5, 5.41) is 6.12. The quantitative estimate of drug-likeness (QED) is 0.484. The molecule has 1 heterocycles. The number of hydrogen-bond acceptors (Lipinski definition) is 2. The van der Waals surface area contributed by atoms with Crippen LogP contribution in [0.3, 0.4) is 0 Å². The maximum Gasteiger partial charge on any atom is 0.157 e. The molecular weight excluding hydrogens is 328 g/mol. The van der Waals surface area contributed by atoms with Crippen LogP contribution in [-0.4, -0.2) is 19.0 Å². The Labute approximate surface area is 141 Å². The largest absolute Gasteiger partial charge is 0.306 e. The van der Waals surface area contributed by atoms with E-state index in [9.17, 15) is 4.21 Å². The third-order valence-electron chi connectivity index (χ3n) is 3.65. The van der Waals surface area contributed by atoms with Crippen LogP contribution in [-0.2, 0) is 16.8 Å². The van der Waals surface area contributed by atoms with Gasteiger partial charge in [-0.3, -0.25) is 10.2 Å². The molecule has 3 aromatic rings. The topological polar surface area (TPSA) is 68.9 Å². The Bertz CT molecular complexity index is 894. The average molecular weight is 344 g/mol. The first-order valence-electron chi connectivity index (χ1n) is 7.09. The highest BCUT2D eigenvalue weighted by molar-refractivity contribution is 7.78. The second kappa shape index (κ2) is 6.62. The molecule has 0 radical (unpaired) electrons. The van der Waals surface area contributed by atoms with Crippen molar-refractivity contribution in [3.8, 4) is 22.4 Å². The predicted molar refractivity (Wildman–Crippen MR) is 96.1 cm³/mol. The van der Waals surface area contributed by atoms with Crippen LogP contribution in [0, 0.1) is 11.6 Å². The smallest absolute Gasteiger partial charge is 0.157 e. The zero-order valence-corrected chi connectivity index (χ0v) is 14.1. The maximum absolute atomic E-state index is 10.9. The normalized spacial score (nSPS) is 12.3. The summed E-state index contributed by atoms with van der Waals surface area (Å²) < 4.78 is 20.5. The van der Waals surface area contributed by atoms with Crippen LogP contribution in [0.4, 0.5) is 0 Å². The number of rotatable bonds is 4. The average Bonchev–Trinajstić information content (AvgIpc) is 2.90. The first-order chi connectivity index (χ1) is 11.0. The molecule has 6 heteroatoms. The van der Waals surface area contributed by atoms with Crippen LogP contribution >= 0.6 is 12.2 Å². The summed E-state index contributed by atoms with van der Waals surface area (Å²) in [6.07, 6.45) is 0. The van der Waals surface area contributed by atoms with Crippen molar-refractivity contribution in [2.75, 3.05) is 0 Å². The molecule has 0 aliphatic rings. The lowest BCUT2D eigenvalue weighted by Crippen LogP contribution is -1.92. The van der Waals surface area contributed by atoms with Crippen molar-refractivity contribution in [1.82, 2.24) is 10.2 Å². The summed E-state index contributed by atoms with van der Waals surface area (Å²) in [5.41, 5.74) is 5.91. The van der Waals surface area contributed by atoms with Gasteiger partial charge >= 0.3 is 0 Å². The van der Waals surface area contributed by atoms with E-state index in [0.29, 0.717) is 4.64 Å². The minimum Gasteiger partial charge on any atom is -0.306 e. The molecule has 1 unspecified atom stereocenters. The highest BCUT2D eigenvalue weighted by Gasteiger charge is 2.12. The molecule has 4 nitrogen and oxygen atoms in total. The maximum atomic E-state index is 10.9. The number of H-pyrrole nitrogens is 2.